The van der Waals surface area contributed by atoms with E-state index in [4.69, 9.17) is 0 Å². The molecule has 0 atom stereocenters. The fourth-order valence-electron chi connectivity index (χ4n) is 7.32. The standard InChI is InChI=1S/C43H36Si/c1-44(2,3)27-26-35-31-17-8-7-16-30(31)28-41-32-22-13-23-36(33(32)24-25-34(35)41)43-39-20-11-9-18-37(39)42(29-14-5-4-6-15-29)38-19-10-12-21-40(38)43/h4-25,28H,26-27H2,1-3H3. The van der Waals surface area contributed by atoms with Gasteiger partial charge in [-0.1, -0.05) is 159 Å². The summed E-state index contributed by atoms with van der Waals surface area (Å²) in [5.41, 5.74) is 6.70. The molecule has 0 heterocycles. The topological polar surface area (TPSA) is 0 Å². The average Bonchev–Trinajstić information content (AvgIpc) is 3.05. The van der Waals surface area contributed by atoms with Crippen LogP contribution < -0.4 is 0 Å². The first kappa shape index (κ1) is 26.9. The van der Waals surface area contributed by atoms with Gasteiger partial charge < -0.3 is 0 Å². The van der Waals surface area contributed by atoms with Crippen LogP contribution >= 0.6 is 0 Å². The van der Waals surface area contributed by atoms with Gasteiger partial charge >= 0.3 is 0 Å². The summed E-state index contributed by atoms with van der Waals surface area (Å²) in [6.07, 6.45) is 1.13. The quantitative estimate of drug-likeness (QED) is 0.108. The fourth-order valence-corrected chi connectivity index (χ4v) is 8.32. The summed E-state index contributed by atoms with van der Waals surface area (Å²) in [6.45, 7) is 7.46. The molecule has 0 bridgehead atoms. The molecule has 0 nitrogen and oxygen atoms in total. The van der Waals surface area contributed by atoms with E-state index in [0.717, 1.165) is 6.42 Å². The van der Waals surface area contributed by atoms with Crippen LogP contribution in [0.15, 0.2) is 140 Å². The minimum atomic E-state index is -1.20. The first-order valence-electron chi connectivity index (χ1n) is 15.8. The van der Waals surface area contributed by atoms with Crippen LogP contribution in [-0.4, -0.2) is 8.07 Å². The Balaban J connectivity index is 1.46. The van der Waals surface area contributed by atoms with Crippen LogP contribution in [0.2, 0.25) is 25.7 Å². The van der Waals surface area contributed by atoms with Crippen LogP contribution in [-0.2, 0) is 6.42 Å². The lowest BCUT2D eigenvalue weighted by Crippen LogP contribution is -2.20. The predicted octanol–water partition coefficient (Wildman–Crippen LogP) is 12.7. The molecule has 8 rings (SSSR count). The van der Waals surface area contributed by atoms with Crippen LogP contribution in [0, 0.1) is 0 Å². The van der Waals surface area contributed by atoms with Crippen LogP contribution in [0.1, 0.15) is 5.56 Å². The second-order valence-electron chi connectivity index (χ2n) is 13.4. The zero-order valence-electron chi connectivity index (χ0n) is 25.7. The van der Waals surface area contributed by atoms with Gasteiger partial charge in [-0.2, -0.15) is 0 Å². The molecular weight excluding hydrogens is 545 g/mol. The Morgan fingerprint density at radius 1 is 0.409 bits per heavy atom. The van der Waals surface area contributed by atoms with Crippen LogP contribution in [0.3, 0.4) is 0 Å². The summed E-state index contributed by atoms with van der Waals surface area (Å²) < 4.78 is 0. The third kappa shape index (κ3) is 4.43. The molecule has 1 heteroatoms. The highest BCUT2D eigenvalue weighted by molar-refractivity contribution is 6.76. The highest BCUT2D eigenvalue weighted by Crippen LogP contribution is 2.46. The molecule has 0 aliphatic rings. The third-order valence-electron chi connectivity index (χ3n) is 9.40. The lowest BCUT2D eigenvalue weighted by molar-refractivity contribution is 1.12. The van der Waals surface area contributed by atoms with E-state index in [-0.39, 0.29) is 0 Å². The molecule has 8 aromatic carbocycles. The van der Waals surface area contributed by atoms with Gasteiger partial charge in [-0.25, -0.2) is 0 Å². The number of fused-ring (bicyclic) bond motifs is 6. The molecule has 0 unspecified atom stereocenters. The van der Waals surface area contributed by atoms with Crippen molar-refractivity contribution in [2.45, 2.75) is 32.1 Å². The Morgan fingerprint density at radius 2 is 0.955 bits per heavy atom. The molecule has 0 aliphatic heterocycles. The minimum absolute atomic E-state index is 1.13. The summed E-state index contributed by atoms with van der Waals surface area (Å²) in [6, 6.07) is 53.3. The van der Waals surface area contributed by atoms with Crippen LogP contribution in [0.4, 0.5) is 0 Å². The van der Waals surface area contributed by atoms with Gasteiger partial charge in [-0.3, -0.25) is 0 Å². The average molecular weight is 581 g/mol. The second-order valence-corrected chi connectivity index (χ2v) is 19.0. The van der Waals surface area contributed by atoms with Gasteiger partial charge in [0.2, 0.25) is 0 Å². The Kier molecular flexibility index (Phi) is 6.39. The van der Waals surface area contributed by atoms with Crippen molar-refractivity contribution in [1.82, 2.24) is 0 Å². The Bertz CT molecular complexity index is 2300. The summed E-state index contributed by atoms with van der Waals surface area (Å²) in [5.74, 6) is 0. The van der Waals surface area contributed by atoms with Crippen molar-refractivity contribution in [3.05, 3.63) is 145 Å². The molecule has 212 valence electrons. The molecule has 0 fully saturated rings. The first-order chi connectivity index (χ1) is 21.5. The maximum absolute atomic E-state index is 2.49. The van der Waals surface area contributed by atoms with Crippen molar-refractivity contribution in [1.29, 1.82) is 0 Å². The maximum atomic E-state index is 2.49. The van der Waals surface area contributed by atoms with E-state index in [1.54, 1.807) is 0 Å². The van der Waals surface area contributed by atoms with Crippen molar-refractivity contribution < 1.29 is 0 Å². The minimum Gasteiger partial charge on any atom is -0.0695 e. The van der Waals surface area contributed by atoms with Gasteiger partial charge in [-0.15, -0.1) is 0 Å². The Morgan fingerprint density at radius 3 is 1.61 bits per heavy atom. The van der Waals surface area contributed by atoms with E-state index in [2.05, 4.69) is 159 Å². The van der Waals surface area contributed by atoms with E-state index >= 15 is 0 Å². The summed E-state index contributed by atoms with van der Waals surface area (Å²) in [4.78, 5) is 0. The number of aryl methyl sites for hydroxylation is 1. The maximum Gasteiger partial charge on any atom is 0.0445 e. The predicted molar refractivity (Wildman–Crippen MR) is 197 cm³/mol. The number of hydrogen-bond donors (Lipinski definition) is 0. The smallest absolute Gasteiger partial charge is 0.0445 e. The molecule has 0 N–H and O–H groups in total. The van der Waals surface area contributed by atoms with Crippen molar-refractivity contribution in [2.75, 3.05) is 0 Å². The van der Waals surface area contributed by atoms with Gasteiger partial charge in [0.25, 0.3) is 0 Å². The van der Waals surface area contributed by atoms with E-state index < -0.39 is 8.07 Å². The van der Waals surface area contributed by atoms with Gasteiger partial charge in [0.05, 0.1) is 0 Å². The monoisotopic (exact) mass is 580 g/mol. The number of benzene rings is 8. The van der Waals surface area contributed by atoms with E-state index in [1.807, 2.05) is 0 Å². The molecule has 0 saturated carbocycles. The SMILES string of the molecule is C[Si](C)(C)CCc1c2ccccc2cc2c1ccc1c(-c3c4ccccc4c(-c4ccccc4)c4ccccc34)cccc12. The van der Waals surface area contributed by atoms with Gasteiger partial charge in [-0.05, 0) is 94.2 Å². The van der Waals surface area contributed by atoms with Crippen molar-refractivity contribution >= 4 is 61.9 Å². The lowest BCUT2D eigenvalue weighted by Gasteiger charge is -2.20. The van der Waals surface area contributed by atoms with Crippen molar-refractivity contribution in [3.63, 3.8) is 0 Å². The Hall–Kier alpha value is -4.72. The van der Waals surface area contributed by atoms with E-state index in [1.165, 1.54) is 87.7 Å². The second kappa shape index (κ2) is 10.5. The summed E-state index contributed by atoms with van der Waals surface area (Å²) in [7, 11) is -1.20. The molecule has 0 radical (unpaired) electrons. The molecule has 0 saturated heterocycles. The molecule has 8 aromatic rings. The Labute approximate surface area is 260 Å². The summed E-state index contributed by atoms with van der Waals surface area (Å²) >= 11 is 0. The van der Waals surface area contributed by atoms with Crippen molar-refractivity contribution in [3.8, 4) is 22.3 Å². The first-order valence-corrected chi connectivity index (χ1v) is 19.5. The lowest BCUT2D eigenvalue weighted by atomic mass is 9.84. The molecule has 0 aromatic heterocycles. The molecule has 0 aliphatic carbocycles. The highest BCUT2D eigenvalue weighted by atomic mass is 28.3. The van der Waals surface area contributed by atoms with Crippen LogP contribution in [0.5, 0.6) is 0 Å². The third-order valence-corrected chi connectivity index (χ3v) is 11.2. The normalized spacial score (nSPS) is 12.2. The van der Waals surface area contributed by atoms with E-state index in [0.29, 0.717) is 0 Å². The van der Waals surface area contributed by atoms with E-state index in [9.17, 15) is 0 Å². The van der Waals surface area contributed by atoms with Crippen LogP contribution in [0.25, 0.3) is 76.1 Å². The molecular formula is C43H36Si. The van der Waals surface area contributed by atoms with Gasteiger partial charge in [0, 0.05) is 8.07 Å². The molecule has 44 heavy (non-hydrogen) atoms. The van der Waals surface area contributed by atoms with Crippen molar-refractivity contribution in [2.24, 2.45) is 0 Å². The molecule has 0 spiro atoms. The summed E-state index contributed by atoms with van der Waals surface area (Å²) in [5, 5.41) is 13.3. The number of hydrogen-bond acceptors (Lipinski definition) is 0. The fraction of sp³-hybridized carbons (Fsp3) is 0.116. The van der Waals surface area contributed by atoms with Gasteiger partial charge in [0.1, 0.15) is 0 Å². The highest BCUT2D eigenvalue weighted by Gasteiger charge is 2.20. The largest absolute Gasteiger partial charge is 0.0695 e. The zero-order chi connectivity index (χ0) is 29.8. The zero-order valence-corrected chi connectivity index (χ0v) is 26.7. The van der Waals surface area contributed by atoms with Gasteiger partial charge in [0.15, 0.2) is 0 Å². The number of rotatable bonds is 5. The molecule has 0 amide bonds.